The molecule has 7 heteroatoms. The Balaban J connectivity index is 0.000000199. The molecule has 65 heavy (non-hydrogen) atoms. The summed E-state index contributed by atoms with van der Waals surface area (Å²) in [4.78, 5) is 0. The van der Waals surface area contributed by atoms with E-state index in [4.69, 9.17) is 17.0 Å². The average Bonchev–Trinajstić information content (AvgIpc) is 3.70. The molecule has 6 aromatic rings. The first-order chi connectivity index (χ1) is 31.5. The summed E-state index contributed by atoms with van der Waals surface area (Å²) in [5.41, 5.74) is 11.4. The van der Waals surface area contributed by atoms with Crippen LogP contribution in [0.1, 0.15) is 158 Å². The number of alkyl halides is 3. The van der Waals surface area contributed by atoms with Crippen LogP contribution in [0.15, 0.2) is 109 Å². The van der Waals surface area contributed by atoms with Gasteiger partial charge in [0, 0.05) is 15.9 Å². The summed E-state index contributed by atoms with van der Waals surface area (Å²) in [7, 11) is 10.3. The van der Waals surface area contributed by atoms with Crippen LogP contribution in [0, 0.1) is 11.8 Å². The Morgan fingerprint density at radius 2 is 0.969 bits per heavy atom. The Kier molecular flexibility index (Phi) is 23.2. The Morgan fingerprint density at radius 3 is 1.28 bits per heavy atom. The molecule has 2 aliphatic carbocycles. The topological polar surface area (TPSA) is 0 Å². The number of halogens is 5. The molecule has 348 valence electrons. The summed E-state index contributed by atoms with van der Waals surface area (Å²) < 4.78 is 33.7. The van der Waals surface area contributed by atoms with Gasteiger partial charge in [-0.3, -0.25) is 0 Å². The van der Waals surface area contributed by atoms with Gasteiger partial charge in [-0.25, -0.2) is 0 Å². The normalized spacial score (nSPS) is 15.8. The third-order valence-corrected chi connectivity index (χ3v) is 14.8. The van der Waals surface area contributed by atoms with E-state index in [0.717, 1.165) is 11.8 Å². The molecule has 0 nitrogen and oxygen atoms in total. The SMILES string of the molecule is CCC(C)c1ccc(-c2cccc3[cH-]c(CC4CCCCCC4)cc23)cc1.CCC(C)c1ccc(-c2cccc3[cH-]c(CC4CCCCCC4)cc23)cc1.C[Si]CCC(F)(F)F.[Cl][Zr+2][Cl]. The van der Waals surface area contributed by atoms with Crippen LogP contribution in [0.25, 0.3) is 43.8 Å². The van der Waals surface area contributed by atoms with Gasteiger partial charge in [0.05, 0.1) is 0 Å². The van der Waals surface area contributed by atoms with Gasteiger partial charge in [-0.1, -0.05) is 189 Å². The molecule has 0 N–H and O–H groups in total. The van der Waals surface area contributed by atoms with Gasteiger partial charge < -0.3 is 0 Å². The molecule has 0 heterocycles. The fourth-order valence-electron chi connectivity index (χ4n) is 9.86. The molecule has 6 aromatic carbocycles. The molecule has 2 saturated carbocycles. The van der Waals surface area contributed by atoms with Crippen molar-refractivity contribution >= 4 is 48.1 Å². The minimum atomic E-state index is -3.94. The molecule has 0 saturated heterocycles. The van der Waals surface area contributed by atoms with E-state index < -0.39 is 33.4 Å². The van der Waals surface area contributed by atoms with Crippen LogP contribution in [0.4, 0.5) is 13.2 Å². The predicted octanol–water partition coefficient (Wildman–Crippen LogP) is 20.0. The van der Waals surface area contributed by atoms with Crippen molar-refractivity contribution in [3.63, 3.8) is 0 Å². The Labute approximate surface area is 412 Å². The summed E-state index contributed by atoms with van der Waals surface area (Å²) in [5.74, 6) is 3.06. The quantitative estimate of drug-likeness (QED) is 0.0651. The Hall–Kier alpha value is -2.43. The average molecular weight is 1020 g/mol. The first-order valence-corrected chi connectivity index (χ1v) is 32.7. The number of hydrogen-bond acceptors (Lipinski definition) is 0. The van der Waals surface area contributed by atoms with Crippen molar-refractivity contribution in [1.82, 2.24) is 0 Å². The van der Waals surface area contributed by atoms with Gasteiger partial charge in [-0.05, 0) is 71.6 Å². The van der Waals surface area contributed by atoms with Crippen molar-refractivity contribution in [2.45, 2.75) is 167 Å². The van der Waals surface area contributed by atoms with E-state index in [1.165, 1.54) is 158 Å². The van der Waals surface area contributed by atoms with Crippen molar-refractivity contribution in [3.05, 3.63) is 131 Å². The van der Waals surface area contributed by atoms with E-state index in [9.17, 15) is 13.2 Å². The van der Waals surface area contributed by atoms with E-state index in [1.54, 1.807) is 17.7 Å². The zero-order chi connectivity index (χ0) is 46.6. The van der Waals surface area contributed by atoms with Crippen molar-refractivity contribution < 1.29 is 34.0 Å². The van der Waals surface area contributed by atoms with Crippen LogP contribution in [0.5, 0.6) is 0 Å². The van der Waals surface area contributed by atoms with Crippen LogP contribution in [-0.2, 0) is 33.7 Å². The van der Waals surface area contributed by atoms with Crippen LogP contribution < -0.4 is 0 Å². The van der Waals surface area contributed by atoms with Crippen molar-refractivity contribution in [2.75, 3.05) is 0 Å². The first-order valence-electron chi connectivity index (χ1n) is 24.7. The molecule has 2 radical (unpaired) electrons. The van der Waals surface area contributed by atoms with Gasteiger partial charge in [-0.15, -0.1) is 69.1 Å². The number of hydrogen-bond donors (Lipinski definition) is 0. The first kappa shape index (κ1) is 53.5. The molecule has 2 fully saturated rings. The molecule has 0 spiro atoms. The summed E-state index contributed by atoms with van der Waals surface area (Å²) in [6, 6.07) is 42.2. The van der Waals surface area contributed by atoms with E-state index >= 15 is 0 Å². The maximum absolute atomic E-state index is 11.2. The van der Waals surface area contributed by atoms with E-state index in [0.29, 0.717) is 21.4 Å². The van der Waals surface area contributed by atoms with Crippen molar-refractivity contribution in [3.8, 4) is 22.3 Å². The second-order valence-corrected chi connectivity index (χ2v) is 23.8. The molecule has 0 aromatic heterocycles. The molecule has 0 aliphatic heterocycles. The zero-order valence-electron chi connectivity index (χ0n) is 39.8. The molecule has 0 bridgehead atoms. The standard InChI is InChI=1S/2C27H33.C4H7F3Si.2ClH.Zr/c2*1-3-20(2)23-13-15-24(16-14-23)26-12-8-11-25-18-22(19-27(25)26)17-21-9-6-4-5-7-10-21;1-8-3-2-4(5,6)7;;;/h2*8,11-16,18-21H,3-7,9-10,17H2,1-2H3;2-3H2,1H3;2*1H;/q2*-1;;;;+4/p-2. The zero-order valence-corrected chi connectivity index (χ0v) is 44.8. The fourth-order valence-corrected chi connectivity index (χ4v) is 10.4. The van der Waals surface area contributed by atoms with E-state index in [2.05, 4.69) is 137 Å². The molecule has 2 aliphatic rings. The van der Waals surface area contributed by atoms with Gasteiger partial charge in [0.15, 0.2) is 0 Å². The van der Waals surface area contributed by atoms with Gasteiger partial charge in [-0.2, -0.15) is 25.3 Å². The molecule has 8 rings (SSSR count). The predicted molar refractivity (Wildman–Crippen MR) is 276 cm³/mol. The summed E-state index contributed by atoms with van der Waals surface area (Å²) in [5, 5.41) is 5.67. The van der Waals surface area contributed by atoms with Crippen molar-refractivity contribution in [1.29, 1.82) is 0 Å². The third-order valence-electron chi connectivity index (χ3n) is 14.1. The maximum atomic E-state index is 11.2. The van der Waals surface area contributed by atoms with Gasteiger partial charge >= 0.3 is 44.1 Å². The van der Waals surface area contributed by atoms with Crippen LogP contribution >= 0.6 is 17.0 Å². The molecular formula is C58H73Cl2F3SiZr. The number of fused-ring (bicyclic) bond motifs is 2. The second kappa shape index (κ2) is 28.2. The minimum absolute atomic E-state index is 0.281. The van der Waals surface area contributed by atoms with Crippen LogP contribution in [-0.4, -0.2) is 15.7 Å². The summed E-state index contributed by atoms with van der Waals surface area (Å²) in [6.07, 6.45) is 17.5. The van der Waals surface area contributed by atoms with Crippen LogP contribution in [0.3, 0.4) is 0 Å². The van der Waals surface area contributed by atoms with E-state index in [1.807, 2.05) is 0 Å². The monoisotopic (exact) mass is 1010 g/mol. The molecular weight excluding hydrogens is 944 g/mol. The number of rotatable bonds is 12. The van der Waals surface area contributed by atoms with Crippen molar-refractivity contribution in [2.24, 2.45) is 11.8 Å². The van der Waals surface area contributed by atoms with Crippen LogP contribution in [0.2, 0.25) is 12.6 Å². The van der Waals surface area contributed by atoms with Gasteiger partial charge in [0.1, 0.15) is 0 Å². The summed E-state index contributed by atoms with van der Waals surface area (Å²) in [6.45, 7) is 10.9. The molecule has 2 atom stereocenters. The Morgan fingerprint density at radius 1 is 0.600 bits per heavy atom. The number of benzene rings is 4. The van der Waals surface area contributed by atoms with Gasteiger partial charge in [0.25, 0.3) is 0 Å². The van der Waals surface area contributed by atoms with E-state index in [-0.39, 0.29) is 6.04 Å². The fraction of sp³-hybridized carbons (Fsp3) is 0.483. The Bertz CT molecular complexity index is 2070. The molecule has 0 amide bonds. The molecule has 2 unspecified atom stereocenters. The van der Waals surface area contributed by atoms with Gasteiger partial charge in [0.2, 0.25) is 0 Å². The third kappa shape index (κ3) is 17.2. The summed E-state index contributed by atoms with van der Waals surface area (Å²) >= 11 is -0.826. The second-order valence-electron chi connectivity index (χ2n) is 18.9.